The second-order valence-corrected chi connectivity index (χ2v) is 7.95. The molecule has 1 aliphatic heterocycles. The molecule has 1 saturated heterocycles. The largest absolute Gasteiger partial charge is 0.347 e. The monoisotopic (exact) mass is 399 g/mol. The van der Waals surface area contributed by atoms with Gasteiger partial charge in [-0.05, 0) is 37.4 Å². The number of carbonyl (C=O) groups excluding carboxylic acids is 1. The molecule has 0 bridgehead atoms. The van der Waals surface area contributed by atoms with Gasteiger partial charge in [0.25, 0.3) is 11.5 Å². The van der Waals surface area contributed by atoms with E-state index in [1.165, 1.54) is 0 Å². The molecule has 0 saturated carbocycles. The lowest BCUT2D eigenvalue weighted by Crippen LogP contribution is -2.39. The highest BCUT2D eigenvalue weighted by atomic mass is 32.1. The first kappa shape index (κ1) is 18.5. The van der Waals surface area contributed by atoms with Gasteiger partial charge in [-0.25, -0.2) is 9.97 Å². The molecule has 4 heterocycles. The molecule has 9 nitrogen and oxygen atoms in total. The van der Waals surface area contributed by atoms with Crippen LogP contribution in [0.15, 0.2) is 17.1 Å². The summed E-state index contributed by atoms with van der Waals surface area (Å²) in [4.78, 5) is 41.2. The Morgan fingerprint density at radius 2 is 2.21 bits per heavy atom. The normalized spacial score (nSPS) is 17.1. The third-order valence-electron chi connectivity index (χ3n) is 4.99. The molecule has 1 aliphatic rings. The van der Waals surface area contributed by atoms with Gasteiger partial charge in [0, 0.05) is 45.0 Å². The van der Waals surface area contributed by atoms with Crippen LogP contribution in [0.4, 0.5) is 5.95 Å². The van der Waals surface area contributed by atoms with Crippen LogP contribution in [0.2, 0.25) is 0 Å². The standard InChI is InChI=1S/C18H21N7O2S/c1-10-15(28-23-22-10)17(27)25-6-4-5-11(9-25)13-7-14-12(16(26)20-13)8-19-18(21-14)24(2)3/h7-8,11H,4-6,9H2,1-3H3,(H,20,26). The molecule has 4 rings (SSSR count). The van der Waals surface area contributed by atoms with Gasteiger partial charge in [-0.2, -0.15) is 0 Å². The zero-order chi connectivity index (χ0) is 19.8. The number of H-pyrrole nitrogens is 1. The molecule has 1 amide bonds. The molecule has 0 aromatic carbocycles. The first-order valence-corrected chi connectivity index (χ1v) is 9.87. The molecule has 1 unspecified atom stereocenters. The van der Waals surface area contributed by atoms with Crippen LogP contribution in [0.3, 0.4) is 0 Å². The number of nitrogens with zero attached hydrogens (tertiary/aromatic N) is 6. The summed E-state index contributed by atoms with van der Waals surface area (Å²) in [5.74, 6) is 0.559. The van der Waals surface area contributed by atoms with E-state index in [-0.39, 0.29) is 17.4 Å². The van der Waals surface area contributed by atoms with Crippen LogP contribution in [0, 0.1) is 6.92 Å². The van der Waals surface area contributed by atoms with Crippen LogP contribution in [0.1, 0.15) is 39.8 Å². The van der Waals surface area contributed by atoms with Crippen LogP contribution in [0.5, 0.6) is 0 Å². The number of nitrogens with one attached hydrogen (secondary N) is 1. The maximum Gasteiger partial charge on any atom is 0.267 e. The quantitative estimate of drug-likeness (QED) is 0.712. The molecule has 3 aromatic rings. The minimum atomic E-state index is -0.205. The van der Waals surface area contributed by atoms with Crippen molar-refractivity contribution in [2.45, 2.75) is 25.7 Å². The summed E-state index contributed by atoms with van der Waals surface area (Å²) in [5.41, 5.74) is 1.87. The van der Waals surface area contributed by atoms with Gasteiger partial charge in [0.15, 0.2) is 0 Å². The van der Waals surface area contributed by atoms with Crippen molar-refractivity contribution in [3.05, 3.63) is 38.9 Å². The number of aromatic nitrogens is 5. The van der Waals surface area contributed by atoms with E-state index in [0.717, 1.165) is 30.1 Å². The number of piperidine rings is 1. The van der Waals surface area contributed by atoms with Crippen molar-refractivity contribution < 1.29 is 4.79 Å². The molecule has 1 atom stereocenters. The van der Waals surface area contributed by atoms with E-state index in [1.54, 1.807) is 18.0 Å². The number of anilines is 1. The highest BCUT2D eigenvalue weighted by molar-refractivity contribution is 7.07. The molecule has 28 heavy (non-hydrogen) atoms. The van der Waals surface area contributed by atoms with Crippen LogP contribution in [-0.4, -0.2) is 62.5 Å². The topological polar surface area (TPSA) is 108 Å². The number of carbonyl (C=O) groups is 1. The molecule has 3 aromatic heterocycles. The highest BCUT2D eigenvalue weighted by Gasteiger charge is 2.28. The molecular formula is C18H21N7O2S. The first-order valence-electron chi connectivity index (χ1n) is 9.09. The fourth-order valence-corrected chi connectivity index (χ4v) is 4.10. The minimum Gasteiger partial charge on any atom is -0.347 e. The summed E-state index contributed by atoms with van der Waals surface area (Å²) in [6.07, 6.45) is 3.32. The van der Waals surface area contributed by atoms with Gasteiger partial charge in [0.1, 0.15) is 4.88 Å². The predicted molar refractivity (Wildman–Crippen MR) is 107 cm³/mol. The number of amides is 1. The molecule has 146 valence electrons. The molecule has 0 aliphatic carbocycles. The third kappa shape index (κ3) is 3.35. The Kier molecular flexibility index (Phi) is 4.80. The molecule has 1 fully saturated rings. The molecule has 0 radical (unpaired) electrons. The lowest BCUT2D eigenvalue weighted by molar-refractivity contribution is 0.0710. The second kappa shape index (κ2) is 7.27. The summed E-state index contributed by atoms with van der Waals surface area (Å²) in [5, 5.41) is 4.40. The predicted octanol–water partition coefficient (Wildman–Crippen LogP) is 1.56. The van der Waals surface area contributed by atoms with Crippen molar-refractivity contribution in [2.24, 2.45) is 0 Å². The third-order valence-corrected chi connectivity index (χ3v) is 5.81. The van der Waals surface area contributed by atoms with E-state index >= 15 is 0 Å². The number of rotatable bonds is 3. The molecular weight excluding hydrogens is 378 g/mol. The van der Waals surface area contributed by atoms with Crippen LogP contribution in [-0.2, 0) is 0 Å². The number of fused-ring (bicyclic) bond motifs is 1. The average molecular weight is 399 g/mol. The lowest BCUT2D eigenvalue weighted by Gasteiger charge is -2.32. The summed E-state index contributed by atoms with van der Waals surface area (Å²) in [6, 6.07) is 1.91. The Labute approximate surface area is 165 Å². The van der Waals surface area contributed by atoms with Gasteiger partial charge in [-0.15, -0.1) is 5.10 Å². The number of aryl methyl sites for hydroxylation is 1. The molecule has 1 N–H and O–H groups in total. The van der Waals surface area contributed by atoms with E-state index in [0.29, 0.717) is 40.5 Å². The van der Waals surface area contributed by atoms with Gasteiger partial charge >= 0.3 is 0 Å². The lowest BCUT2D eigenvalue weighted by atomic mass is 9.93. The van der Waals surface area contributed by atoms with Crippen molar-refractivity contribution in [1.82, 2.24) is 29.4 Å². The van der Waals surface area contributed by atoms with Crippen molar-refractivity contribution in [1.29, 1.82) is 0 Å². The number of hydrogen-bond acceptors (Lipinski definition) is 8. The average Bonchev–Trinajstić information content (AvgIpc) is 3.12. The zero-order valence-corrected chi connectivity index (χ0v) is 16.8. The second-order valence-electron chi connectivity index (χ2n) is 7.19. The Morgan fingerprint density at radius 3 is 2.93 bits per heavy atom. The number of likely N-dealkylation sites (tertiary alicyclic amines) is 1. The van der Waals surface area contributed by atoms with Crippen molar-refractivity contribution in [3.63, 3.8) is 0 Å². The van der Waals surface area contributed by atoms with E-state index in [4.69, 9.17) is 0 Å². The van der Waals surface area contributed by atoms with Crippen molar-refractivity contribution >= 4 is 34.3 Å². The first-order chi connectivity index (χ1) is 13.4. The Bertz CT molecular complexity index is 1090. The van der Waals surface area contributed by atoms with Crippen LogP contribution >= 0.6 is 11.5 Å². The van der Waals surface area contributed by atoms with Crippen molar-refractivity contribution in [3.8, 4) is 0 Å². The summed E-state index contributed by atoms with van der Waals surface area (Å²) in [7, 11) is 3.71. The van der Waals surface area contributed by atoms with Gasteiger partial charge in [0.2, 0.25) is 5.95 Å². The van der Waals surface area contributed by atoms with Crippen molar-refractivity contribution in [2.75, 3.05) is 32.1 Å². The van der Waals surface area contributed by atoms with Gasteiger partial charge < -0.3 is 14.8 Å². The molecule has 10 heteroatoms. The smallest absolute Gasteiger partial charge is 0.267 e. The van der Waals surface area contributed by atoms with Gasteiger partial charge in [-0.1, -0.05) is 4.49 Å². The Morgan fingerprint density at radius 1 is 1.39 bits per heavy atom. The highest BCUT2D eigenvalue weighted by Crippen LogP contribution is 2.28. The minimum absolute atomic E-state index is 0.0439. The fraction of sp³-hybridized carbons (Fsp3) is 0.444. The maximum absolute atomic E-state index is 12.8. The Balaban J connectivity index is 1.64. The number of hydrogen-bond donors (Lipinski definition) is 1. The molecule has 0 spiro atoms. The number of pyridine rings is 1. The van der Waals surface area contributed by atoms with Gasteiger partial charge in [0.05, 0.1) is 16.6 Å². The SMILES string of the molecule is Cc1nnsc1C(=O)N1CCCC(c2cc3nc(N(C)C)ncc3c(=O)[nH]2)C1. The van der Waals surface area contributed by atoms with E-state index < -0.39 is 0 Å². The fourth-order valence-electron chi connectivity index (χ4n) is 3.47. The van der Waals surface area contributed by atoms with Gasteiger partial charge in [-0.3, -0.25) is 9.59 Å². The number of aromatic amines is 1. The van der Waals surface area contributed by atoms with E-state index in [1.807, 2.05) is 25.1 Å². The van der Waals surface area contributed by atoms with Crippen LogP contribution in [0.25, 0.3) is 10.9 Å². The zero-order valence-electron chi connectivity index (χ0n) is 16.0. The van der Waals surface area contributed by atoms with Crippen LogP contribution < -0.4 is 10.5 Å². The summed E-state index contributed by atoms with van der Waals surface area (Å²) < 4.78 is 3.86. The summed E-state index contributed by atoms with van der Waals surface area (Å²) >= 11 is 1.13. The van der Waals surface area contributed by atoms with E-state index in [9.17, 15) is 9.59 Å². The summed E-state index contributed by atoms with van der Waals surface area (Å²) in [6.45, 7) is 3.03. The maximum atomic E-state index is 12.8. The Hall–Kier alpha value is -2.88. The van der Waals surface area contributed by atoms with E-state index in [2.05, 4.69) is 24.5 Å².